The summed E-state index contributed by atoms with van der Waals surface area (Å²) in [4.78, 5) is 13.7. The predicted molar refractivity (Wildman–Crippen MR) is 152 cm³/mol. The van der Waals surface area contributed by atoms with Gasteiger partial charge in [0.05, 0.1) is 17.8 Å². The molecule has 11 heteroatoms. The maximum Gasteiger partial charge on any atom is 0.269 e. The number of aromatic hydroxyl groups is 1. The topological polar surface area (TPSA) is 120 Å². The van der Waals surface area contributed by atoms with Gasteiger partial charge in [-0.3, -0.25) is 4.79 Å². The van der Waals surface area contributed by atoms with Gasteiger partial charge in [0.1, 0.15) is 11.5 Å². The van der Waals surface area contributed by atoms with Crippen LogP contribution >= 0.6 is 15.9 Å². The van der Waals surface area contributed by atoms with Gasteiger partial charge in [0.15, 0.2) is 17.4 Å². The van der Waals surface area contributed by atoms with Crippen LogP contribution < -0.4 is 10.6 Å². The molecule has 1 aromatic heterocycles. The van der Waals surface area contributed by atoms with Gasteiger partial charge in [-0.15, -0.1) is 21.6 Å². The van der Waals surface area contributed by atoms with Crippen molar-refractivity contribution >= 4 is 50.4 Å². The Bertz CT molecular complexity index is 1100. The minimum Gasteiger partial charge on any atom is -0.505 e. The third-order valence-corrected chi connectivity index (χ3v) is 5.13. The molecule has 0 spiro atoms. The fourth-order valence-corrected chi connectivity index (χ4v) is 3.56. The molecule has 1 aliphatic heterocycles. The molecule has 198 valence electrons. The first kappa shape index (κ1) is 32.9. The van der Waals surface area contributed by atoms with Crippen molar-refractivity contribution in [1.29, 1.82) is 0 Å². The number of carbonyl (C=O) groups excluding carboxylic acids is 1. The highest BCUT2D eigenvalue weighted by Crippen LogP contribution is 2.34. The fraction of sp³-hybridized carbons (Fsp3) is 0.400. The first-order valence-corrected chi connectivity index (χ1v) is 13.1. The van der Waals surface area contributed by atoms with Gasteiger partial charge >= 0.3 is 0 Å². The van der Waals surface area contributed by atoms with Crippen LogP contribution in [0.2, 0.25) is 0 Å². The van der Waals surface area contributed by atoms with E-state index >= 15 is 0 Å². The number of rotatable bonds is 4. The normalized spacial score (nSPS) is 13.5. The number of amides is 1. The largest absolute Gasteiger partial charge is 0.505 e. The molecule has 3 N–H and O–H groups in total. The Morgan fingerprint density at radius 3 is 2.19 bits per heavy atom. The number of carbonyl (C=O) groups is 1. The molecule has 1 aliphatic rings. The lowest BCUT2D eigenvalue weighted by Crippen LogP contribution is -2.33. The van der Waals surface area contributed by atoms with E-state index in [1.54, 1.807) is 26.2 Å². The van der Waals surface area contributed by atoms with Crippen LogP contribution in [0.3, 0.4) is 0 Å². The van der Waals surface area contributed by atoms with Crippen LogP contribution in [0.1, 0.15) is 56.5 Å². The molecule has 1 atom stereocenters. The highest BCUT2D eigenvalue weighted by Gasteiger charge is 2.24. The van der Waals surface area contributed by atoms with E-state index in [9.17, 15) is 14.1 Å². The van der Waals surface area contributed by atoms with E-state index < -0.39 is 11.2 Å². The number of furan rings is 1. The monoisotopic (exact) mass is 581 g/mol. The summed E-state index contributed by atoms with van der Waals surface area (Å²) in [5.74, 6) is 2.11. The summed E-state index contributed by atoms with van der Waals surface area (Å²) in [7, 11) is 3.17. The van der Waals surface area contributed by atoms with E-state index in [0.29, 0.717) is 16.8 Å². The Morgan fingerprint density at radius 2 is 1.69 bits per heavy atom. The molecule has 3 rings (SSSR count). The molecule has 0 saturated heterocycles. The third-order valence-electron chi connectivity index (χ3n) is 3.79. The van der Waals surface area contributed by atoms with Crippen LogP contribution in [0.4, 0.5) is 5.69 Å². The lowest BCUT2D eigenvalue weighted by molar-refractivity contribution is 0.0824. The summed E-state index contributed by atoms with van der Waals surface area (Å²) in [5.41, 5.74) is 0.335. The van der Waals surface area contributed by atoms with Crippen molar-refractivity contribution in [2.75, 3.05) is 19.4 Å². The number of terminal acetylenes is 1. The van der Waals surface area contributed by atoms with Gasteiger partial charge in [0, 0.05) is 18.6 Å². The molecule has 2 aromatic rings. The molecule has 0 saturated carbocycles. The number of halogens is 1. The molecular formula is C25H36BrN5O4S. The zero-order chi connectivity index (χ0) is 28.0. The number of hydrogen-bond acceptors (Lipinski definition) is 6. The Morgan fingerprint density at radius 1 is 1.14 bits per heavy atom. The lowest BCUT2D eigenvalue weighted by atomic mass is 10.1. The van der Waals surface area contributed by atoms with Crippen molar-refractivity contribution in [2.45, 2.75) is 48.1 Å². The summed E-state index contributed by atoms with van der Waals surface area (Å²) >= 11 is 1.49. The van der Waals surface area contributed by atoms with E-state index in [1.165, 1.54) is 4.90 Å². The van der Waals surface area contributed by atoms with Crippen molar-refractivity contribution in [3.8, 4) is 18.6 Å². The van der Waals surface area contributed by atoms with Crippen molar-refractivity contribution in [2.24, 2.45) is 14.7 Å². The molecule has 0 aliphatic carbocycles. The Kier molecular flexibility index (Phi) is 15.1. The first-order valence-electron chi connectivity index (χ1n) is 11.2. The van der Waals surface area contributed by atoms with Gasteiger partial charge in [-0.25, -0.2) is 4.21 Å². The molecule has 0 fully saturated rings. The van der Waals surface area contributed by atoms with Crippen molar-refractivity contribution < 1.29 is 18.5 Å². The number of anilines is 1. The lowest BCUT2D eigenvalue weighted by Gasteiger charge is -2.16. The van der Waals surface area contributed by atoms with E-state index in [-0.39, 0.29) is 34.6 Å². The number of nitrogens with one attached hydrogen (secondary N) is 2. The van der Waals surface area contributed by atoms with Crippen LogP contribution in [-0.2, 0) is 17.7 Å². The minimum atomic E-state index is -1.79. The standard InChI is InChI=1S/C17H18BrN5O4S.C4H10.C2H6.C2H2/c1-9-4-5-10(27-9)8-19-15-16(22-28(26)21-15)20-12-7-6-11(18)13(14(12)24)17(25)23(2)3;1-4(2)3;2*1-2/h4-7,24H,8H2,1-3H3,(H,19,21)(H,20,22);4H,1-3H3;1-2H3;1-2H. The maximum atomic E-state index is 12.3. The first-order chi connectivity index (χ1) is 17.0. The summed E-state index contributed by atoms with van der Waals surface area (Å²) in [6.07, 6.45) is 8.00. The number of aryl methyl sites for hydroxylation is 1. The predicted octanol–water partition coefficient (Wildman–Crippen LogP) is 5.29. The zero-order valence-corrected chi connectivity index (χ0v) is 24.5. The van der Waals surface area contributed by atoms with E-state index in [4.69, 9.17) is 4.42 Å². The van der Waals surface area contributed by atoms with E-state index in [0.717, 1.165) is 11.7 Å². The molecule has 9 nitrogen and oxygen atoms in total. The van der Waals surface area contributed by atoms with Crippen LogP contribution in [0.15, 0.2) is 42.0 Å². The number of benzene rings is 1. The third kappa shape index (κ3) is 10.3. The Labute approximate surface area is 225 Å². The van der Waals surface area contributed by atoms with E-state index in [2.05, 4.69) is 69.0 Å². The summed E-state index contributed by atoms with van der Waals surface area (Å²) in [6.45, 7) is 12.7. The van der Waals surface area contributed by atoms with Gasteiger partial charge in [0.25, 0.3) is 17.1 Å². The molecular weight excluding hydrogens is 546 g/mol. The number of nitrogens with zero attached hydrogens (tertiary/aromatic N) is 3. The van der Waals surface area contributed by atoms with Crippen LogP contribution in [0.5, 0.6) is 5.75 Å². The molecule has 1 aromatic carbocycles. The molecule has 1 amide bonds. The van der Waals surface area contributed by atoms with Gasteiger partial charge < -0.3 is 25.1 Å². The summed E-state index contributed by atoms with van der Waals surface area (Å²) in [6, 6.07) is 6.85. The highest BCUT2D eigenvalue weighted by molar-refractivity contribution is 9.10. The quantitative estimate of drug-likeness (QED) is 0.333. The second-order valence-electron chi connectivity index (χ2n) is 7.85. The number of phenolic OH excluding ortho intramolecular Hbond substituents is 1. The maximum absolute atomic E-state index is 12.3. The fourth-order valence-electron chi connectivity index (χ4n) is 2.43. The SMILES string of the molecule is C#C.CC.CC(C)C.Cc1ccc(CNC2=NS(=O)N=C2Nc2ccc(Br)c(C(=O)N(C)C)c2O)o1. The van der Waals surface area contributed by atoms with Gasteiger partial charge in [-0.2, -0.15) is 0 Å². The Balaban J connectivity index is 0.00000137. The zero-order valence-electron chi connectivity index (χ0n) is 22.0. The van der Waals surface area contributed by atoms with Gasteiger partial charge in [-0.05, 0) is 53.0 Å². The van der Waals surface area contributed by atoms with Crippen molar-refractivity contribution in [3.63, 3.8) is 0 Å². The minimum absolute atomic E-state index is 0.104. The smallest absolute Gasteiger partial charge is 0.269 e. The molecule has 0 bridgehead atoms. The second-order valence-corrected chi connectivity index (χ2v) is 9.53. The molecule has 36 heavy (non-hydrogen) atoms. The molecule has 0 radical (unpaired) electrons. The molecule has 1 unspecified atom stereocenters. The van der Waals surface area contributed by atoms with Crippen LogP contribution in [0, 0.1) is 25.7 Å². The van der Waals surface area contributed by atoms with Gasteiger partial charge in [0.2, 0.25) is 0 Å². The number of hydrogen-bond donors (Lipinski definition) is 3. The van der Waals surface area contributed by atoms with Gasteiger partial charge in [-0.1, -0.05) is 34.6 Å². The van der Waals surface area contributed by atoms with Crippen molar-refractivity contribution in [1.82, 2.24) is 10.2 Å². The molecule has 2 heterocycles. The summed E-state index contributed by atoms with van der Waals surface area (Å²) < 4.78 is 25.5. The number of phenols is 1. The van der Waals surface area contributed by atoms with E-state index in [1.807, 2.05) is 32.9 Å². The number of amidine groups is 2. The second kappa shape index (κ2) is 16.5. The summed E-state index contributed by atoms with van der Waals surface area (Å²) in [5, 5.41) is 16.5. The average molecular weight is 583 g/mol. The average Bonchev–Trinajstić information content (AvgIpc) is 3.40. The van der Waals surface area contributed by atoms with Crippen molar-refractivity contribution in [3.05, 3.63) is 45.8 Å². The van der Waals surface area contributed by atoms with Crippen LogP contribution in [-0.4, -0.2) is 45.9 Å². The van der Waals surface area contributed by atoms with Crippen LogP contribution in [0.25, 0.3) is 0 Å². The highest BCUT2D eigenvalue weighted by atomic mass is 79.9. The Hall–Kier alpha value is -3.10.